The van der Waals surface area contributed by atoms with Gasteiger partial charge in [0.15, 0.2) is 0 Å². The van der Waals surface area contributed by atoms with Gasteiger partial charge in [-0.25, -0.2) is 9.59 Å². The highest BCUT2D eigenvalue weighted by Crippen LogP contribution is 2.36. The molecule has 0 aliphatic heterocycles. The number of esters is 1. The summed E-state index contributed by atoms with van der Waals surface area (Å²) < 4.78 is 10.6. The molecular formula is C26H39NO6. The first kappa shape index (κ1) is 26.7. The molecule has 1 aliphatic rings. The van der Waals surface area contributed by atoms with Crippen LogP contribution in [0.1, 0.15) is 84.1 Å². The van der Waals surface area contributed by atoms with Gasteiger partial charge in [0.05, 0.1) is 0 Å². The number of aliphatic carboxylic acids is 1. The number of hydrogen-bond acceptors (Lipinski definition) is 5. The van der Waals surface area contributed by atoms with Crippen molar-refractivity contribution in [2.24, 2.45) is 11.8 Å². The molecule has 0 spiro atoms. The molecule has 33 heavy (non-hydrogen) atoms. The lowest BCUT2D eigenvalue weighted by molar-refractivity contribution is -0.147. The van der Waals surface area contributed by atoms with Gasteiger partial charge in [-0.3, -0.25) is 4.79 Å². The number of ether oxygens (including phenoxy) is 2. The van der Waals surface area contributed by atoms with Crippen molar-refractivity contribution in [2.75, 3.05) is 0 Å². The molecule has 1 amide bonds. The lowest BCUT2D eigenvalue weighted by atomic mass is 9.75. The van der Waals surface area contributed by atoms with Crippen LogP contribution in [-0.4, -0.2) is 34.8 Å². The Bertz CT molecular complexity index is 758. The number of carbonyl (C=O) groups excluding carboxylic acids is 2. The molecule has 2 rings (SSSR count). The van der Waals surface area contributed by atoms with Gasteiger partial charge in [-0.2, -0.15) is 0 Å². The van der Waals surface area contributed by atoms with Gasteiger partial charge in [0.1, 0.15) is 18.2 Å². The molecule has 7 nitrogen and oxygen atoms in total. The number of hydrogen-bond donors (Lipinski definition) is 2. The number of carboxylic acid groups (broad SMARTS) is 1. The fourth-order valence-corrected chi connectivity index (χ4v) is 4.41. The monoisotopic (exact) mass is 461 g/mol. The minimum atomic E-state index is -1.06. The smallest absolute Gasteiger partial charge is 0.408 e. The van der Waals surface area contributed by atoms with E-state index >= 15 is 0 Å². The predicted octanol–water partition coefficient (Wildman–Crippen LogP) is 5.46. The van der Waals surface area contributed by atoms with Gasteiger partial charge in [-0.15, -0.1) is 0 Å². The van der Waals surface area contributed by atoms with E-state index in [4.69, 9.17) is 9.47 Å². The molecule has 0 aromatic heterocycles. The number of carboxylic acids is 1. The summed E-state index contributed by atoms with van der Waals surface area (Å²) in [6.07, 6.45) is 7.01. The second-order valence-corrected chi connectivity index (χ2v) is 9.98. The summed E-state index contributed by atoms with van der Waals surface area (Å²) in [5.41, 5.74) is 0.310. The van der Waals surface area contributed by atoms with Gasteiger partial charge < -0.3 is 19.9 Å². The van der Waals surface area contributed by atoms with E-state index in [1.165, 1.54) is 0 Å². The quantitative estimate of drug-likeness (QED) is 0.335. The van der Waals surface area contributed by atoms with Crippen LogP contribution >= 0.6 is 0 Å². The SMILES string of the molecule is CC(C)(C)OC(=O)NC(CCCCC1CCCCC1CC(=O)OCc1ccccc1)C(=O)O. The number of rotatable bonds is 11. The predicted molar refractivity (Wildman–Crippen MR) is 126 cm³/mol. The third-order valence-corrected chi connectivity index (χ3v) is 6.04. The van der Waals surface area contributed by atoms with Crippen molar-refractivity contribution in [3.05, 3.63) is 35.9 Å². The van der Waals surface area contributed by atoms with E-state index in [1.807, 2.05) is 30.3 Å². The Morgan fingerprint density at radius 1 is 1.06 bits per heavy atom. The molecule has 1 aromatic rings. The number of alkyl carbamates (subject to hydrolysis) is 1. The van der Waals surface area contributed by atoms with Crippen LogP contribution in [0.25, 0.3) is 0 Å². The number of unbranched alkanes of at least 4 members (excludes halogenated alkanes) is 1. The standard InChI is InChI=1S/C26H39NO6/c1-26(2,3)33-25(31)27-22(24(29)30)16-10-9-14-20-13-7-8-15-21(20)17-23(28)32-18-19-11-5-4-6-12-19/h4-6,11-12,20-22H,7-10,13-18H2,1-3H3,(H,27,31)(H,29,30). The second-order valence-electron chi connectivity index (χ2n) is 9.98. The molecular weight excluding hydrogens is 422 g/mol. The van der Waals surface area contributed by atoms with Crippen LogP contribution in [0.5, 0.6) is 0 Å². The average molecular weight is 462 g/mol. The minimum absolute atomic E-state index is 0.150. The molecule has 0 bridgehead atoms. The zero-order chi connectivity index (χ0) is 24.3. The Balaban J connectivity index is 1.74. The lowest BCUT2D eigenvalue weighted by Gasteiger charge is -2.31. The zero-order valence-corrected chi connectivity index (χ0v) is 20.2. The van der Waals surface area contributed by atoms with E-state index in [0.717, 1.165) is 44.1 Å². The Kier molecular flexibility index (Phi) is 10.7. The third-order valence-electron chi connectivity index (χ3n) is 6.04. The fourth-order valence-electron chi connectivity index (χ4n) is 4.41. The molecule has 3 unspecified atom stereocenters. The normalized spacial score (nSPS) is 19.4. The molecule has 1 fully saturated rings. The third kappa shape index (κ3) is 10.7. The van der Waals surface area contributed by atoms with Crippen LogP contribution in [0.15, 0.2) is 30.3 Å². The Hall–Kier alpha value is -2.57. The van der Waals surface area contributed by atoms with Crippen molar-refractivity contribution in [1.29, 1.82) is 0 Å². The Morgan fingerprint density at radius 2 is 1.73 bits per heavy atom. The van der Waals surface area contributed by atoms with Crippen molar-refractivity contribution in [1.82, 2.24) is 5.32 Å². The summed E-state index contributed by atoms with van der Waals surface area (Å²) in [7, 11) is 0. The van der Waals surface area contributed by atoms with Crippen LogP contribution in [0.4, 0.5) is 4.79 Å². The van der Waals surface area contributed by atoms with E-state index in [-0.39, 0.29) is 5.97 Å². The van der Waals surface area contributed by atoms with E-state index in [2.05, 4.69) is 5.32 Å². The van der Waals surface area contributed by atoms with Crippen molar-refractivity contribution < 1.29 is 29.0 Å². The van der Waals surface area contributed by atoms with Crippen LogP contribution in [-0.2, 0) is 25.7 Å². The topological polar surface area (TPSA) is 102 Å². The van der Waals surface area contributed by atoms with E-state index < -0.39 is 23.7 Å². The highest BCUT2D eigenvalue weighted by Gasteiger charge is 2.28. The van der Waals surface area contributed by atoms with Gasteiger partial charge in [0.2, 0.25) is 0 Å². The van der Waals surface area contributed by atoms with Gasteiger partial charge >= 0.3 is 18.0 Å². The number of nitrogens with one attached hydrogen (secondary N) is 1. The van der Waals surface area contributed by atoms with Crippen LogP contribution in [0.2, 0.25) is 0 Å². The fraction of sp³-hybridized carbons (Fsp3) is 0.654. The Morgan fingerprint density at radius 3 is 2.36 bits per heavy atom. The van der Waals surface area contributed by atoms with Gasteiger partial charge in [-0.05, 0) is 51.0 Å². The first-order valence-electron chi connectivity index (χ1n) is 12.1. The van der Waals surface area contributed by atoms with E-state index in [0.29, 0.717) is 37.7 Å². The molecule has 1 aliphatic carbocycles. The summed E-state index contributed by atoms with van der Waals surface area (Å²) in [6.45, 7) is 5.51. The number of amides is 1. The summed E-state index contributed by atoms with van der Waals surface area (Å²) >= 11 is 0. The van der Waals surface area contributed by atoms with Crippen molar-refractivity contribution in [2.45, 2.75) is 96.8 Å². The molecule has 0 saturated heterocycles. The molecule has 3 atom stereocenters. The zero-order valence-electron chi connectivity index (χ0n) is 20.2. The maximum atomic E-state index is 12.4. The maximum Gasteiger partial charge on any atom is 0.408 e. The average Bonchev–Trinajstić information content (AvgIpc) is 2.74. The molecule has 1 saturated carbocycles. The Labute approximate surface area is 197 Å². The van der Waals surface area contributed by atoms with Gasteiger partial charge in [0.25, 0.3) is 0 Å². The van der Waals surface area contributed by atoms with Crippen molar-refractivity contribution in [3.8, 4) is 0 Å². The van der Waals surface area contributed by atoms with Crippen LogP contribution in [0, 0.1) is 11.8 Å². The summed E-state index contributed by atoms with van der Waals surface area (Å²) in [5.74, 6) is -0.442. The van der Waals surface area contributed by atoms with Gasteiger partial charge in [-0.1, -0.05) is 68.9 Å². The van der Waals surface area contributed by atoms with Crippen LogP contribution in [0.3, 0.4) is 0 Å². The van der Waals surface area contributed by atoms with Crippen molar-refractivity contribution >= 4 is 18.0 Å². The molecule has 2 N–H and O–H groups in total. The number of benzene rings is 1. The second kappa shape index (κ2) is 13.2. The summed E-state index contributed by atoms with van der Waals surface area (Å²) in [4.78, 5) is 35.8. The highest BCUT2D eigenvalue weighted by atomic mass is 16.6. The number of carbonyl (C=O) groups is 3. The largest absolute Gasteiger partial charge is 0.480 e. The van der Waals surface area contributed by atoms with Crippen molar-refractivity contribution in [3.63, 3.8) is 0 Å². The van der Waals surface area contributed by atoms with E-state index in [9.17, 15) is 19.5 Å². The molecule has 0 radical (unpaired) electrons. The summed E-state index contributed by atoms with van der Waals surface area (Å²) in [5, 5.41) is 11.9. The van der Waals surface area contributed by atoms with Gasteiger partial charge in [0, 0.05) is 6.42 Å². The molecule has 0 heterocycles. The summed E-state index contributed by atoms with van der Waals surface area (Å²) in [6, 6.07) is 8.72. The maximum absolute atomic E-state index is 12.4. The molecule has 7 heteroatoms. The molecule has 184 valence electrons. The highest BCUT2D eigenvalue weighted by molar-refractivity contribution is 5.79. The molecule has 1 aromatic carbocycles. The van der Waals surface area contributed by atoms with Crippen LogP contribution < -0.4 is 5.32 Å². The lowest BCUT2D eigenvalue weighted by Crippen LogP contribution is -2.43. The first-order valence-corrected chi connectivity index (χ1v) is 12.1. The minimum Gasteiger partial charge on any atom is -0.480 e. The first-order chi connectivity index (χ1) is 15.6. The van der Waals surface area contributed by atoms with E-state index in [1.54, 1.807) is 20.8 Å².